The van der Waals surface area contributed by atoms with Crippen LogP contribution in [0.5, 0.6) is 0 Å². The number of para-hydroxylation sites is 1. The van der Waals surface area contributed by atoms with Crippen molar-refractivity contribution in [3.63, 3.8) is 0 Å². The van der Waals surface area contributed by atoms with Crippen LogP contribution in [-0.4, -0.2) is 43.2 Å². The van der Waals surface area contributed by atoms with Crippen LogP contribution in [0.4, 0.5) is 5.69 Å². The first-order valence-corrected chi connectivity index (χ1v) is 9.25. The summed E-state index contributed by atoms with van der Waals surface area (Å²) in [5, 5.41) is 6.30. The van der Waals surface area contributed by atoms with Crippen molar-refractivity contribution in [2.75, 3.05) is 30.3 Å². The minimum absolute atomic E-state index is 0.0216. The smallest absolute Gasteiger partial charge is 0.227 e. The summed E-state index contributed by atoms with van der Waals surface area (Å²) in [6, 6.07) is 8.17. The molecule has 0 aromatic heterocycles. The molecule has 1 aromatic rings. The van der Waals surface area contributed by atoms with Crippen molar-refractivity contribution in [1.82, 2.24) is 10.6 Å². The molecular weight excluding hydrogens is 310 g/mol. The predicted molar refractivity (Wildman–Crippen MR) is 92.8 cm³/mol. The van der Waals surface area contributed by atoms with Crippen molar-refractivity contribution in [3.05, 3.63) is 24.3 Å². The first-order chi connectivity index (χ1) is 11.2. The molecule has 0 aliphatic carbocycles. The number of thioether (sulfide) groups is 1. The Morgan fingerprint density at radius 3 is 3.00 bits per heavy atom. The summed E-state index contributed by atoms with van der Waals surface area (Å²) in [5.74, 6) is 0.921. The molecule has 0 radical (unpaired) electrons. The minimum atomic E-state index is -0.0216. The van der Waals surface area contributed by atoms with E-state index in [0.29, 0.717) is 6.54 Å². The second kappa shape index (κ2) is 7.84. The third kappa shape index (κ3) is 4.26. The number of piperidine rings is 1. The summed E-state index contributed by atoms with van der Waals surface area (Å²) < 4.78 is 0. The van der Waals surface area contributed by atoms with E-state index in [1.165, 1.54) is 0 Å². The summed E-state index contributed by atoms with van der Waals surface area (Å²) in [6.07, 6.45) is 2.64. The van der Waals surface area contributed by atoms with Crippen molar-refractivity contribution in [2.24, 2.45) is 0 Å². The maximum absolute atomic E-state index is 12.5. The number of fused-ring (bicyclic) bond motifs is 1. The second-order valence-electron chi connectivity index (χ2n) is 5.97. The van der Waals surface area contributed by atoms with E-state index in [1.54, 1.807) is 11.8 Å². The van der Waals surface area contributed by atoms with Crippen LogP contribution in [-0.2, 0) is 9.59 Å². The molecule has 2 aliphatic heterocycles. The standard InChI is InChI=1S/C17H23N3O2S/c21-16(19-13-4-3-9-18-12-13)7-8-17(22)20-10-11-23-15-6-2-1-5-14(15)20/h1-2,5-6,13,18H,3-4,7-12H2,(H,19,21)/t13-/m0/s1. The number of carbonyl (C=O) groups excluding carboxylic acids is 2. The average Bonchev–Trinajstić information content (AvgIpc) is 2.60. The van der Waals surface area contributed by atoms with Gasteiger partial charge in [-0.1, -0.05) is 12.1 Å². The molecule has 1 fully saturated rings. The number of anilines is 1. The molecular formula is C17H23N3O2S. The molecule has 1 aromatic carbocycles. The lowest BCUT2D eigenvalue weighted by Crippen LogP contribution is -2.45. The van der Waals surface area contributed by atoms with Crippen LogP contribution in [0.3, 0.4) is 0 Å². The Morgan fingerprint density at radius 2 is 2.17 bits per heavy atom. The highest BCUT2D eigenvalue weighted by Gasteiger charge is 2.23. The summed E-state index contributed by atoms with van der Waals surface area (Å²) in [4.78, 5) is 27.5. The number of rotatable bonds is 4. The molecule has 0 saturated carbocycles. The fraction of sp³-hybridized carbons (Fsp3) is 0.529. The molecule has 2 N–H and O–H groups in total. The number of hydrogen-bond donors (Lipinski definition) is 2. The molecule has 0 unspecified atom stereocenters. The van der Waals surface area contributed by atoms with Crippen LogP contribution in [0.25, 0.3) is 0 Å². The van der Waals surface area contributed by atoms with Crippen molar-refractivity contribution in [3.8, 4) is 0 Å². The quantitative estimate of drug-likeness (QED) is 0.882. The minimum Gasteiger partial charge on any atom is -0.352 e. The fourth-order valence-electron chi connectivity index (χ4n) is 3.06. The van der Waals surface area contributed by atoms with Gasteiger partial charge in [0, 0.05) is 42.6 Å². The van der Waals surface area contributed by atoms with Gasteiger partial charge in [0.1, 0.15) is 0 Å². The Bertz CT molecular complexity index is 573. The Labute approximate surface area is 141 Å². The van der Waals surface area contributed by atoms with Crippen molar-refractivity contribution in [1.29, 1.82) is 0 Å². The van der Waals surface area contributed by atoms with Crippen LogP contribution in [0.2, 0.25) is 0 Å². The number of hydrogen-bond acceptors (Lipinski definition) is 4. The van der Waals surface area contributed by atoms with Gasteiger partial charge >= 0.3 is 0 Å². The Morgan fingerprint density at radius 1 is 1.30 bits per heavy atom. The fourth-order valence-corrected chi connectivity index (χ4v) is 4.05. The van der Waals surface area contributed by atoms with E-state index in [9.17, 15) is 9.59 Å². The molecule has 0 spiro atoms. The maximum atomic E-state index is 12.5. The lowest BCUT2D eigenvalue weighted by atomic mass is 10.1. The Balaban J connectivity index is 1.50. The molecule has 2 amide bonds. The summed E-state index contributed by atoms with van der Waals surface area (Å²) in [5.41, 5.74) is 0.977. The zero-order valence-corrected chi connectivity index (χ0v) is 14.0. The predicted octanol–water partition coefficient (Wildman–Crippen LogP) is 1.77. The van der Waals surface area contributed by atoms with Crippen molar-refractivity contribution < 1.29 is 9.59 Å². The number of amides is 2. The highest BCUT2D eigenvalue weighted by atomic mass is 32.2. The normalized spacial score (nSPS) is 20.7. The summed E-state index contributed by atoms with van der Waals surface area (Å²) in [6.45, 7) is 2.57. The Hall–Kier alpha value is -1.53. The second-order valence-corrected chi connectivity index (χ2v) is 7.11. The first kappa shape index (κ1) is 16.3. The third-order valence-electron chi connectivity index (χ3n) is 4.26. The van der Waals surface area contributed by atoms with E-state index < -0.39 is 0 Å². The van der Waals surface area contributed by atoms with Crippen molar-refractivity contribution in [2.45, 2.75) is 36.6 Å². The number of nitrogens with one attached hydrogen (secondary N) is 2. The SMILES string of the molecule is O=C(CCC(=O)N1CCSc2ccccc21)N[C@H]1CCCNC1. The van der Waals surface area contributed by atoms with E-state index in [1.807, 2.05) is 29.2 Å². The first-order valence-electron chi connectivity index (χ1n) is 8.26. The van der Waals surface area contributed by atoms with E-state index in [4.69, 9.17) is 0 Å². The van der Waals surface area contributed by atoms with E-state index in [0.717, 1.165) is 42.3 Å². The monoisotopic (exact) mass is 333 g/mol. The van der Waals surface area contributed by atoms with Gasteiger partial charge in [-0.05, 0) is 31.5 Å². The third-order valence-corrected chi connectivity index (χ3v) is 5.30. The zero-order chi connectivity index (χ0) is 16.1. The van der Waals surface area contributed by atoms with Crippen LogP contribution < -0.4 is 15.5 Å². The van der Waals surface area contributed by atoms with Gasteiger partial charge in [-0.3, -0.25) is 9.59 Å². The van der Waals surface area contributed by atoms with E-state index in [2.05, 4.69) is 10.6 Å². The van der Waals surface area contributed by atoms with Gasteiger partial charge < -0.3 is 15.5 Å². The molecule has 23 heavy (non-hydrogen) atoms. The molecule has 6 heteroatoms. The molecule has 2 heterocycles. The van der Waals surface area contributed by atoms with Crippen molar-refractivity contribution >= 4 is 29.3 Å². The molecule has 124 valence electrons. The van der Waals surface area contributed by atoms with Crippen LogP contribution in [0.1, 0.15) is 25.7 Å². The molecule has 1 saturated heterocycles. The molecule has 5 nitrogen and oxygen atoms in total. The molecule has 2 aliphatic rings. The molecule has 1 atom stereocenters. The van der Waals surface area contributed by atoms with Gasteiger partial charge in [-0.25, -0.2) is 0 Å². The van der Waals surface area contributed by atoms with E-state index >= 15 is 0 Å². The van der Waals surface area contributed by atoms with Crippen LogP contribution >= 0.6 is 11.8 Å². The summed E-state index contributed by atoms with van der Waals surface area (Å²) >= 11 is 1.78. The van der Waals surface area contributed by atoms with Gasteiger partial charge in [0.2, 0.25) is 11.8 Å². The lowest BCUT2D eigenvalue weighted by Gasteiger charge is -2.29. The zero-order valence-electron chi connectivity index (χ0n) is 13.2. The topological polar surface area (TPSA) is 61.4 Å². The van der Waals surface area contributed by atoms with Gasteiger partial charge in [0.15, 0.2) is 0 Å². The van der Waals surface area contributed by atoms with E-state index in [-0.39, 0.29) is 30.7 Å². The van der Waals surface area contributed by atoms with Gasteiger partial charge in [-0.15, -0.1) is 11.8 Å². The van der Waals surface area contributed by atoms with Gasteiger partial charge in [0.25, 0.3) is 0 Å². The van der Waals surface area contributed by atoms with Crippen LogP contribution in [0, 0.1) is 0 Å². The number of carbonyl (C=O) groups is 2. The number of nitrogens with zero attached hydrogens (tertiary/aromatic N) is 1. The highest BCUT2D eigenvalue weighted by Crippen LogP contribution is 2.34. The average molecular weight is 333 g/mol. The molecule has 3 rings (SSSR count). The largest absolute Gasteiger partial charge is 0.352 e. The maximum Gasteiger partial charge on any atom is 0.227 e. The van der Waals surface area contributed by atoms with Gasteiger partial charge in [-0.2, -0.15) is 0 Å². The Kier molecular flexibility index (Phi) is 5.56. The summed E-state index contributed by atoms with van der Waals surface area (Å²) in [7, 11) is 0. The van der Waals surface area contributed by atoms with Crippen LogP contribution in [0.15, 0.2) is 29.2 Å². The lowest BCUT2D eigenvalue weighted by molar-refractivity contribution is -0.125. The number of benzene rings is 1. The molecule has 0 bridgehead atoms. The van der Waals surface area contributed by atoms with Gasteiger partial charge in [0.05, 0.1) is 5.69 Å². The highest BCUT2D eigenvalue weighted by molar-refractivity contribution is 7.99.